The van der Waals surface area contributed by atoms with Crippen molar-refractivity contribution in [1.82, 2.24) is 4.31 Å². The second-order valence-electron chi connectivity index (χ2n) is 5.07. The van der Waals surface area contributed by atoms with Gasteiger partial charge in [-0.15, -0.1) is 0 Å². The van der Waals surface area contributed by atoms with Crippen molar-refractivity contribution in [3.8, 4) is 6.07 Å². The number of methoxy groups -OCH3 is 1. The monoisotopic (exact) mass is 308 g/mol. The van der Waals surface area contributed by atoms with Crippen LogP contribution >= 0.6 is 0 Å². The quantitative estimate of drug-likeness (QED) is 0.777. The second kappa shape index (κ2) is 5.84. The van der Waals surface area contributed by atoms with Crippen LogP contribution in [0.2, 0.25) is 0 Å². The van der Waals surface area contributed by atoms with Gasteiger partial charge >= 0.3 is 5.97 Å². The summed E-state index contributed by atoms with van der Waals surface area (Å²) in [5.41, 5.74) is 0.285. The predicted molar refractivity (Wildman–Crippen MR) is 74.6 cm³/mol. The average Bonchev–Trinajstić information content (AvgIpc) is 2.89. The van der Waals surface area contributed by atoms with E-state index in [0.717, 1.165) is 0 Å². The molecular weight excluding hydrogens is 292 g/mol. The molecule has 1 fully saturated rings. The summed E-state index contributed by atoms with van der Waals surface area (Å²) in [6, 6.07) is 7.78. The fourth-order valence-electron chi connectivity index (χ4n) is 2.45. The lowest BCUT2D eigenvalue weighted by atomic mass is 9.99. The number of benzene rings is 1. The molecule has 1 aliphatic heterocycles. The Kier molecular flexibility index (Phi) is 4.30. The number of hydrogen-bond acceptors (Lipinski definition) is 5. The second-order valence-corrected chi connectivity index (χ2v) is 7.01. The number of rotatable bonds is 3. The van der Waals surface area contributed by atoms with Gasteiger partial charge in [0.15, 0.2) is 0 Å². The lowest BCUT2D eigenvalue weighted by molar-refractivity contribution is -0.145. The molecule has 0 aliphatic carbocycles. The Morgan fingerprint density at radius 1 is 1.43 bits per heavy atom. The van der Waals surface area contributed by atoms with E-state index < -0.39 is 21.9 Å². The molecule has 1 aliphatic rings. The zero-order valence-corrected chi connectivity index (χ0v) is 12.6. The van der Waals surface area contributed by atoms with Crippen LogP contribution in [0, 0.1) is 23.2 Å². The third-order valence-corrected chi connectivity index (χ3v) is 5.51. The summed E-state index contributed by atoms with van der Waals surface area (Å²) in [5.74, 6) is -0.957. The smallest absolute Gasteiger partial charge is 0.310 e. The third-order valence-electron chi connectivity index (χ3n) is 3.68. The molecule has 2 atom stereocenters. The number of carbonyl (C=O) groups is 1. The summed E-state index contributed by atoms with van der Waals surface area (Å²) in [7, 11) is -2.41. The van der Waals surface area contributed by atoms with Gasteiger partial charge < -0.3 is 4.74 Å². The van der Waals surface area contributed by atoms with Gasteiger partial charge in [0.25, 0.3) is 0 Å². The standard InChI is InChI=1S/C14H16N2O4S/c1-10-8-16(9-13(10)14(17)20-2)21(18,19)12-5-3-4-11(6-12)7-15/h3-6,10,13H,8-9H2,1-2H3. The summed E-state index contributed by atoms with van der Waals surface area (Å²) >= 11 is 0. The highest BCUT2D eigenvalue weighted by Gasteiger charge is 2.41. The van der Waals surface area contributed by atoms with Gasteiger partial charge in [0.05, 0.1) is 29.6 Å². The zero-order valence-electron chi connectivity index (χ0n) is 11.8. The van der Waals surface area contributed by atoms with Crippen molar-refractivity contribution in [3.63, 3.8) is 0 Å². The van der Waals surface area contributed by atoms with Crippen molar-refractivity contribution in [2.24, 2.45) is 11.8 Å². The van der Waals surface area contributed by atoms with Crippen molar-refractivity contribution in [1.29, 1.82) is 5.26 Å². The molecule has 0 radical (unpaired) electrons. The fraction of sp³-hybridized carbons (Fsp3) is 0.429. The molecule has 0 N–H and O–H groups in total. The van der Waals surface area contributed by atoms with E-state index >= 15 is 0 Å². The van der Waals surface area contributed by atoms with E-state index in [1.165, 1.54) is 29.6 Å². The van der Waals surface area contributed by atoms with E-state index in [1.54, 1.807) is 6.07 Å². The molecule has 7 heteroatoms. The molecule has 1 aromatic carbocycles. The van der Waals surface area contributed by atoms with Crippen LogP contribution in [-0.2, 0) is 19.6 Å². The average molecular weight is 308 g/mol. The van der Waals surface area contributed by atoms with Gasteiger partial charge in [-0.1, -0.05) is 13.0 Å². The number of esters is 1. The molecule has 6 nitrogen and oxygen atoms in total. The molecule has 0 amide bonds. The van der Waals surface area contributed by atoms with Crippen molar-refractivity contribution < 1.29 is 17.9 Å². The van der Waals surface area contributed by atoms with Crippen molar-refractivity contribution in [2.45, 2.75) is 11.8 Å². The van der Waals surface area contributed by atoms with Gasteiger partial charge in [-0.05, 0) is 24.1 Å². The highest BCUT2D eigenvalue weighted by atomic mass is 32.2. The van der Waals surface area contributed by atoms with Crippen LogP contribution < -0.4 is 0 Å². The van der Waals surface area contributed by atoms with E-state index in [4.69, 9.17) is 10.00 Å². The van der Waals surface area contributed by atoms with Gasteiger partial charge in [-0.2, -0.15) is 9.57 Å². The Morgan fingerprint density at radius 3 is 2.76 bits per heavy atom. The maximum Gasteiger partial charge on any atom is 0.310 e. The first-order valence-electron chi connectivity index (χ1n) is 6.48. The normalized spacial score (nSPS) is 22.7. The number of nitriles is 1. The van der Waals surface area contributed by atoms with Crippen LogP contribution in [-0.4, -0.2) is 38.9 Å². The molecule has 0 bridgehead atoms. The van der Waals surface area contributed by atoms with Crippen molar-refractivity contribution in [3.05, 3.63) is 29.8 Å². The number of carbonyl (C=O) groups excluding carboxylic acids is 1. The lowest BCUT2D eigenvalue weighted by Gasteiger charge is -2.16. The molecule has 0 aromatic heterocycles. The Labute approximate surface area is 124 Å². The van der Waals surface area contributed by atoms with Gasteiger partial charge in [-0.25, -0.2) is 8.42 Å². The molecule has 0 spiro atoms. The molecule has 1 saturated heterocycles. The van der Waals surface area contributed by atoms with E-state index in [0.29, 0.717) is 0 Å². The molecule has 112 valence electrons. The van der Waals surface area contributed by atoms with Crippen LogP contribution in [0.25, 0.3) is 0 Å². The highest BCUT2D eigenvalue weighted by Crippen LogP contribution is 2.29. The van der Waals surface area contributed by atoms with E-state index in [2.05, 4.69) is 0 Å². The summed E-state index contributed by atoms with van der Waals surface area (Å²) in [6.45, 7) is 2.19. The van der Waals surface area contributed by atoms with Gasteiger partial charge in [0.1, 0.15) is 0 Å². The summed E-state index contributed by atoms with van der Waals surface area (Å²) < 4.78 is 31.1. The Balaban J connectivity index is 2.29. The Hall–Kier alpha value is -1.91. The topological polar surface area (TPSA) is 87.5 Å². The molecule has 1 heterocycles. The first-order chi connectivity index (χ1) is 9.90. The molecular formula is C14H16N2O4S. The van der Waals surface area contributed by atoms with Crippen molar-refractivity contribution in [2.75, 3.05) is 20.2 Å². The van der Waals surface area contributed by atoms with Gasteiger partial charge in [0, 0.05) is 13.1 Å². The predicted octanol–water partition coefficient (Wildman–Crippen LogP) is 0.988. The number of ether oxygens (including phenoxy) is 1. The first-order valence-corrected chi connectivity index (χ1v) is 7.92. The van der Waals surface area contributed by atoms with Gasteiger partial charge in [0.2, 0.25) is 10.0 Å². The Bertz CT molecular complexity index is 693. The number of sulfonamides is 1. The summed E-state index contributed by atoms with van der Waals surface area (Å²) in [5, 5.41) is 8.86. The third kappa shape index (κ3) is 2.91. The molecule has 1 aromatic rings. The SMILES string of the molecule is COC(=O)C1CN(S(=O)(=O)c2cccc(C#N)c2)CC1C. The van der Waals surface area contributed by atoms with Crippen molar-refractivity contribution >= 4 is 16.0 Å². The van der Waals surface area contributed by atoms with Crippen LogP contribution in [0.5, 0.6) is 0 Å². The maximum absolute atomic E-state index is 12.6. The van der Waals surface area contributed by atoms with E-state index in [9.17, 15) is 13.2 Å². The molecule has 0 saturated carbocycles. The fourth-order valence-corrected chi connectivity index (χ4v) is 4.06. The van der Waals surface area contributed by atoms with Crippen LogP contribution in [0.4, 0.5) is 0 Å². The van der Waals surface area contributed by atoms with E-state index in [1.807, 2.05) is 13.0 Å². The molecule has 2 unspecified atom stereocenters. The molecule has 2 rings (SSSR count). The largest absolute Gasteiger partial charge is 0.469 e. The minimum atomic E-state index is -3.70. The minimum Gasteiger partial charge on any atom is -0.469 e. The number of hydrogen-bond donors (Lipinski definition) is 0. The maximum atomic E-state index is 12.6. The summed E-state index contributed by atoms with van der Waals surface area (Å²) in [4.78, 5) is 11.7. The van der Waals surface area contributed by atoms with E-state index in [-0.39, 0.29) is 29.5 Å². The minimum absolute atomic E-state index is 0.0688. The zero-order chi connectivity index (χ0) is 15.6. The first kappa shape index (κ1) is 15.5. The van der Waals surface area contributed by atoms with Crippen LogP contribution in [0.3, 0.4) is 0 Å². The Morgan fingerprint density at radius 2 is 2.14 bits per heavy atom. The van der Waals surface area contributed by atoms with Crippen LogP contribution in [0.1, 0.15) is 12.5 Å². The highest BCUT2D eigenvalue weighted by molar-refractivity contribution is 7.89. The number of nitrogens with zero attached hydrogens (tertiary/aromatic N) is 2. The lowest BCUT2D eigenvalue weighted by Crippen LogP contribution is -2.30. The molecule has 21 heavy (non-hydrogen) atoms. The summed E-state index contributed by atoms with van der Waals surface area (Å²) in [6.07, 6.45) is 0. The van der Waals surface area contributed by atoms with Gasteiger partial charge in [-0.3, -0.25) is 4.79 Å². The van der Waals surface area contributed by atoms with Crippen LogP contribution in [0.15, 0.2) is 29.2 Å².